The molecule has 0 aromatic heterocycles. The van der Waals surface area contributed by atoms with Crippen LogP contribution in [0.3, 0.4) is 0 Å². The van der Waals surface area contributed by atoms with Gasteiger partial charge in [-0.05, 0) is 38.2 Å². The number of nitrogens with zero attached hydrogens (tertiary/aromatic N) is 2. The second-order valence-electron chi connectivity index (χ2n) is 4.72. The van der Waals surface area contributed by atoms with Crippen molar-refractivity contribution in [1.82, 2.24) is 4.90 Å². The van der Waals surface area contributed by atoms with Gasteiger partial charge >= 0.3 is 0 Å². The molecule has 0 saturated carbocycles. The Morgan fingerprint density at radius 3 is 2.78 bits per heavy atom. The normalized spacial score (nSPS) is 17.6. The van der Waals surface area contributed by atoms with Crippen LogP contribution in [-0.4, -0.2) is 44.0 Å². The maximum Gasteiger partial charge on any atom is 0.124 e. The maximum absolute atomic E-state index is 7.71. The number of rotatable bonds is 2. The number of nitrogen functional groups attached to an aromatic ring is 1. The van der Waals surface area contributed by atoms with Gasteiger partial charge in [-0.25, -0.2) is 0 Å². The molecule has 0 spiro atoms. The van der Waals surface area contributed by atoms with Gasteiger partial charge in [0.2, 0.25) is 0 Å². The predicted octanol–water partition coefficient (Wildman–Crippen LogP) is 1.88. The van der Waals surface area contributed by atoms with E-state index < -0.39 is 0 Å². The first-order chi connectivity index (χ1) is 8.58. The number of nitrogens with one attached hydrogen (secondary N) is 1. The van der Waals surface area contributed by atoms with Crippen LogP contribution in [0.1, 0.15) is 12.0 Å². The second kappa shape index (κ2) is 5.71. The van der Waals surface area contributed by atoms with Gasteiger partial charge in [0.1, 0.15) is 5.84 Å². The first-order valence-corrected chi connectivity index (χ1v) is 6.94. The Morgan fingerprint density at radius 2 is 2.06 bits per heavy atom. The molecular weight excluding hydrogens is 292 g/mol. The zero-order valence-electron chi connectivity index (χ0n) is 10.6. The molecule has 2 rings (SSSR count). The summed E-state index contributed by atoms with van der Waals surface area (Å²) < 4.78 is 0.961. The highest BCUT2D eigenvalue weighted by atomic mass is 79.9. The summed E-state index contributed by atoms with van der Waals surface area (Å²) in [5, 5.41) is 7.71. The largest absolute Gasteiger partial charge is 0.384 e. The molecule has 0 unspecified atom stereocenters. The van der Waals surface area contributed by atoms with Crippen molar-refractivity contribution >= 4 is 27.5 Å². The van der Waals surface area contributed by atoms with E-state index in [1.165, 1.54) is 0 Å². The van der Waals surface area contributed by atoms with Crippen LogP contribution in [-0.2, 0) is 0 Å². The Labute approximate surface area is 116 Å². The third-order valence-electron chi connectivity index (χ3n) is 3.31. The SMILES string of the molecule is CN1CCCN(c2ccc(Br)cc2C(=N)N)CC1. The average molecular weight is 311 g/mol. The smallest absolute Gasteiger partial charge is 0.124 e. The van der Waals surface area contributed by atoms with Crippen LogP contribution < -0.4 is 10.6 Å². The lowest BCUT2D eigenvalue weighted by Crippen LogP contribution is -2.30. The molecule has 1 heterocycles. The minimum absolute atomic E-state index is 0.129. The van der Waals surface area contributed by atoms with Gasteiger partial charge in [0.05, 0.1) is 0 Å². The van der Waals surface area contributed by atoms with Crippen molar-refractivity contribution in [3.05, 3.63) is 28.2 Å². The van der Waals surface area contributed by atoms with Crippen LogP contribution in [0.25, 0.3) is 0 Å². The molecule has 1 fully saturated rings. The zero-order chi connectivity index (χ0) is 13.1. The molecule has 0 bridgehead atoms. The molecule has 98 valence electrons. The summed E-state index contributed by atoms with van der Waals surface area (Å²) in [6.07, 6.45) is 1.14. The number of hydrogen-bond donors (Lipinski definition) is 2. The Hall–Kier alpha value is -1.07. The summed E-state index contributed by atoms with van der Waals surface area (Å²) >= 11 is 3.43. The van der Waals surface area contributed by atoms with E-state index in [9.17, 15) is 0 Å². The highest BCUT2D eigenvalue weighted by Gasteiger charge is 2.16. The highest BCUT2D eigenvalue weighted by Crippen LogP contribution is 2.25. The molecule has 0 atom stereocenters. The van der Waals surface area contributed by atoms with Gasteiger partial charge in [0.15, 0.2) is 0 Å². The Morgan fingerprint density at radius 1 is 1.28 bits per heavy atom. The number of benzene rings is 1. The van der Waals surface area contributed by atoms with Gasteiger partial charge in [-0.1, -0.05) is 15.9 Å². The molecule has 1 aromatic carbocycles. The zero-order valence-corrected chi connectivity index (χ0v) is 12.2. The van der Waals surface area contributed by atoms with Crippen LogP contribution in [0.4, 0.5) is 5.69 Å². The van der Waals surface area contributed by atoms with Crippen molar-refractivity contribution in [2.75, 3.05) is 38.1 Å². The molecule has 5 heteroatoms. The molecule has 0 amide bonds. The first kappa shape index (κ1) is 13.4. The van der Waals surface area contributed by atoms with Crippen LogP contribution >= 0.6 is 15.9 Å². The van der Waals surface area contributed by atoms with Crippen molar-refractivity contribution in [1.29, 1.82) is 5.41 Å². The lowest BCUT2D eigenvalue weighted by molar-refractivity contribution is 0.360. The molecule has 1 aromatic rings. The summed E-state index contributed by atoms with van der Waals surface area (Å²) in [4.78, 5) is 4.67. The average Bonchev–Trinajstić information content (AvgIpc) is 2.54. The van der Waals surface area contributed by atoms with Gasteiger partial charge in [-0.2, -0.15) is 0 Å². The van der Waals surface area contributed by atoms with Gasteiger partial charge in [0, 0.05) is 35.4 Å². The number of nitrogens with two attached hydrogens (primary N) is 1. The summed E-state index contributed by atoms with van der Waals surface area (Å²) in [5.74, 6) is 0.129. The Balaban J connectivity index is 2.29. The third kappa shape index (κ3) is 3.03. The lowest BCUT2D eigenvalue weighted by atomic mass is 10.1. The topological polar surface area (TPSA) is 56.4 Å². The quantitative estimate of drug-likeness (QED) is 0.648. The third-order valence-corrected chi connectivity index (χ3v) is 3.80. The summed E-state index contributed by atoms with van der Waals surface area (Å²) in [6, 6.07) is 5.98. The number of amidine groups is 1. The molecule has 1 aliphatic rings. The highest BCUT2D eigenvalue weighted by molar-refractivity contribution is 9.10. The van der Waals surface area contributed by atoms with Gasteiger partial charge in [0.25, 0.3) is 0 Å². The van der Waals surface area contributed by atoms with E-state index in [2.05, 4.69) is 32.8 Å². The lowest BCUT2D eigenvalue weighted by Gasteiger charge is -2.25. The number of likely N-dealkylation sites (N-methyl/N-ethyl adjacent to an activating group) is 1. The van der Waals surface area contributed by atoms with Crippen LogP contribution in [0.2, 0.25) is 0 Å². The van der Waals surface area contributed by atoms with E-state index in [1.54, 1.807) is 0 Å². The number of halogens is 1. The van der Waals surface area contributed by atoms with Crippen LogP contribution in [0.5, 0.6) is 0 Å². The van der Waals surface area contributed by atoms with E-state index >= 15 is 0 Å². The fraction of sp³-hybridized carbons (Fsp3) is 0.462. The molecule has 18 heavy (non-hydrogen) atoms. The maximum atomic E-state index is 7.71. The van der Waals surface area contributed by atoms with E-state index in [0.717, 1.165) is 48.3 Å². The van der Waals surface area contributed by atoms with Gasteiger partial charge in [-0.15, -0.1) is 0 Å². The van der Waals surface area contributed by atoms with Crippen molar-refractivity contribution in [2.24, 2.45) is 5.73 Å². The molecule has 0 aliphatic carbocycles. The van der Waals surface area contributed by atoms with Crippen molar-refractivity contribution in [3.63, 3.8) is 0 Å². The minimum atomic E-state index is 0.129. The summed E-state index contributed by atoms with van der Waals surface area (Å²) in [7, 11) is 2.15. The fourth-order valence-electron chi connectivity index (χ4n) is 2.29. The van der Waals surface area contributed by atoms with E-state index in [-0.39, 0.29) is 5.84 Å². The molecular formula is C13H19BrN4. The van der Waals surface area contributed by atoms with Crippen LogP contribution in [0.15, 0.2) is 22.7 Å². The van der Waals surface area contributed by atoms with Crippen molar-refractivity contribution in [2.45, 2.75) is 6.42 Å². The number of hydrogen-bond acceptors (Lipinski definition) is 3. The van der Waals surface area contributed by atoms with E-state index in [0.29, 0.717) is 0 Å². The standard InChI is InChI=1S/C13H19BrN4/c1-17-5-2-6-18(8-7-17)12-4-3-10(14)9-11(12)13(15)16/h3-4,9H,2,5-8H2,1H3,(H3,15,16). The Bertz CT molecular complexity index is 447. The van der Waals surface area contributed by atoms with E-state index in [1.807, 2.05) is 18.2 Å². The van der Waals surface area contributed by atoms with Crippen LogP contribution in [0, 0.1) is 5.41 Å². The monoisotopic (exact) mass is 310 g/mol. The predicted molar refractivity (Wildman–Crippen MR) is 79.5 cm³/mol. The molecule has 0 radical (unpaired) electrons. The summed E-state index contributed by atoms with van der Waals surface area (Å²) in [6.45, 7) is 4.18. The summed E-state index contributed by atoms with van der Waals surface area (Å²) in [5.41, 5.74) is 7.57. The molecule has 3 N–H and O–H groups in total. The minimum Gasteiger partial charge on any atom is -0.384 e. The Kier molecular flexibility index (Phi) is 4.24. The molecule has 4 nitrogen and oxygen atoms in total. The van der Waals surface area contributed by atoms with Gasteiger partial charge < -0.3 is 15.5 Å². The molecule has 1 aliphatic heterocycles. The molecule has 1 saturated heterocycles. The fourth-order valence-corrected chi connectivity index (χ4v) is 2.65. The first-order valence-electron chi connectivity index (χ1n) is 6.15. The second-order valence-corrected chi connectivity index (χ2v) is 5.63. The van der Waals surface area contributed by atoms with Crippen molar-refractivity contribution in [3.8, 4) is 0 Å². The van der Waals surface area contributed by atoms with Gasteiger partial charge in [-0.3, -0.25) is 5.41 Å². The van der Waals surface area contributed by atoms with Crippen molar-refractivity contribution < 1.29 is 0 Å². The van der Waals surface area contributed by atoms with E-state index in [4.69, 9.17) is 11.1 Å². The number of anilines is 1.